The van der Waals surface area contributed by atoms with Gasteiger partial charge in [-0.05, 0) is 49.8 Å². The molecule has 1 rings (SSSR count). The minimum Gasteiger partial charge on any atom is -0.392 e. The van der Waals surface area contributed by atoms with Gasteiger partial charge in [0.05, 0.1) is 11.5 Å². The zero-order chi connectivity index (χ0) is 15.3. The molecule has 1 aromatic carbocycles. The van der Waals surface area contributed by atoms with Gasteiger partial charge in [-0.2, -0.15) is 0 Å². The van der Waals surface area contributed by atoms with Gasteiger partial charge in [0.15, 0.2) is 0 Å². The van der Waals surface area contributed by atoms with E-state index in [9.17, 15) is 8.42 Å². The van der Waals surface area contributed by atoms with Crippen molar-refractivity contribution in [1.82, 2.24) is 4.72 Å². The predicted molar refractivity (Wildman–Crippen MR) is 81.0 cm³/mol. The lowest BCUT2D eigenvalue weighted by molar-refractivity contribution is 0.281. The monoisotopic (exact) mass is 299 g/mol. The van der Waals surface area contributed by atoms with Gasteiger partial charge in [-0.1, -0.05) is 26.0 Å². The minimum atomic E-state index is -3.53. The standard InChI is InChI=1S/C15H25NO3S/c1-11(2)5-7-13(4)16-20(18,19)15-9-14(10-17)8-6-12(15)3/h6,8-9,11,13,16-17H,5,7,10H2,1-4H3. The van der Waals surface area contributed by atoms with Crippen molar-refractivity contribution in [3.8, 4) is 0 Å². The Morgan fingerprint density at radius 1 is 1.20 bits per heavy atom. The van der Waals surface area contributed by atoms with Crippen LogP contribution in [0.15, 0.2) is 23.1 Å². The van der Waals surface area contributed by atoms with Crippen LogP contribution in [0.2, 0.25) is 0 Å². The first-order chi connectivity index (χ1) is 9.26. The molecule has 20 heavy (non-hydrogen) atoms. The summed E-state index contributed by atoms with van der Waals surface area (Å²) in [5.74, 6) is 0.557. The van der Waals surface area contributed by atoms with Crippen molar-refractivity contribution in [2.75, 3.05) is 0 Å². The van der Waals surface area contributed by atoms with E-state index < -0.39 is 10.0 Å². The Balaban J connectivity index is 2.88. The number of hydrogen-bond acceptors (Lipinski definition) is 3. The van der Waals surface area contributed by atoms with Crippen molar-refractivity contribution in [3.63, 3.8) is 0 Å². The highest BCUT2D eigenvalue weighted by atomic mass is 32.2. The van der Waals surface area contributed by atoms with Gasteiger partial charge in [-0.25, -0.2) is 13.1 Å². The van der Waals surface area contributed by atoms with Crippen LogP contribution in [0.1, 0.15) is 44.7 Å². The maximum absolute atomic E-state index is 12.4. The second-order valence-corrected chi connectivity index (χ2v) is 7.43. The molecule has 4 nitrogen and oxygen atoms in total. The molecule has 0 aliphatic carbocycles. The molecule has 1 unspecified atom stereocenters. The Labute approximate surface area is 122 Å². The zero-order valence-electron chi connectivity index (χ0n) is 12.7. The van der Waals surface area contributed by atoms with Crippen molar-refractivity contribution >= 4 is 10.0 Å². The normalized spacial score (nSPS) is 13.7. The number of rotatable bonds is 7. The van der Waals surface area contributed by atoms with Gasteiger partial charge in [0.1, 0.15) is 0 Å². The molecule has 0 fully saturated rings. The van der Waals surface area contributed by atoms with Crippen LogP contribution in [-0.2, 0) is 16.6 Å². The lowest BCUT2D eigenvalue weighted by Crippen LogP contribution is -2.33. The van der Waals surface area contributed by atoms with Gasteiger partial charge in [0, 0.05) is 6.04 Å². The van der Waals surface area contributed by atoms with Crippen molar-refractivity contribution < 1.29 is 13.5 Å². The van der Waals surface area contributed by atoms with E-state index in [4.69, 9.17) is 5.11 Å². The SMILES string of the molecule is Cc1ccc(CO)cc1S(=O)(=O)NC(C)CCC(C)C. The molecule has 0 aromatic heterocycles. The van der Waals surface area contributed by atoms with Crippen molar-refractivity contribution in [1.29, 1.82) is 0 Å². The zero-order valence-corrected chi connectivity index (χ0v) is 13.5. The Morgan fingerprint density at radius 2 is 1.85 bits per heavy atom. The third-order valence-electron chi connectivity index (χ3n) is 3.26. The molecule has 0 saturated heterocycles. The minimum absolute atomic E-state index is 0.0976. The van der Waals surface area contributed by atoms with Crippen LogP contribution in [0.25, 0.3) is 0 Å². The van der Waals surface area contributed by atoms with Gasteiger partial charge in [0.2, 0.25) is 10.0 Å². The van der Waals surface area contributed by atoms with Crippen LogP contribution >= 0.6 is 0 Å². The van der Waals surface area contributed by atoms with Gasteiger partial charge < -0.3 is 5.11 Å². The summed E-state index contributed by atoms with van der Waals surface area (Å²) in [5.41, 5.74) is 1.29. The second-order valence-electron chi connectivity index (χ2n) is 5.75. The molecule has 0 amide bonds. The van der Waals surface area contributed by atoms with E-state index in [0.717, 1.165) is 12.8 Å². The summed E-state index contributed by atoms with van der Waals surface area (Å²) >= 11 is 0. The van der Waals surface area contributed by atoms with E-state index in [-0.39, 0.29) is 17.5 Å². The number of aliphatic hydroxyl groups excluding tert-OH is 1. The lowest BCUT2D eigenvalue weighted by atomic mass is 10.1. The second kappa shape index (κ2) is 7.20. The van der Waals surface area contributed by atoms with Crippen molar-refractivity contribution in [2.45, 2.75) is 58.1 Å². The highest BCUT2D eigenvalue weighted by Crippen LogP contribution is 2.18. The average molecular weight is 299 g/mol. The molecule has 0 radical (unpaired) electrons. The van der Waals surface area contributed by atoms with Crippen LogP contribution < -0.4 is 4.72 Å². The number of nitrogens with one attached hydrogen (secondary N) is 1. The average Bonchev–Trinajstić information content (AvgIpc) is 2.36. The summed E-state index contributed by atoms with van der Waals surface area (Å²) in [7, 11) is -3.53. The third-order valence-corrected chi connectivity index (χ3v) is 4.99. The van der Waals surface area contributed by atoms with E-state index >= 15 is 0 Å². The summed E-state index contributed by atoms with van der Waals surface area (Å²) in [6.45, 7) is 7.72. The van der Waals surface area contributed by atoms with Gasteiger partial charge in [0.25, 0.3) is 0 Å². The first-order valence-corrected chi connectivity index (χ1v) is 8.47. The van der Waals surface area contributed by atoms with Crippen LogP contribution in [-0.4, -0.2) is 19.6 Å². The molecule has 1 atom stereocenters. The molecule has 0 heterocycles. The molecule has 0 saturated carbocycles. The predicted octanol–water partition coefficient (Wildman–Crippen LogP) is 2.59. The van der Waals surface area contributed by atoms with Gasteiger partial charge >= 0.3 is 0 Å². The summed E-state index contributed by atoms with van der Waals surface area (Å²) in [6.07, 6.45) is 1.80. The van der Waals surface area contributed by atoms with Crippen LogP contribution in [0.3, 0.4) is 0 Å². The molecule has 5 heteroatoms. The van der Waals surface area contributed by atoms with Crippen LogP contribution in [0, 0.1) is 12.8 Å². The largest absolute Gasteiger partial charge is 0.392 e. The van der Waals surface area contributed by atoms with Gasteiger partial charge in [-0.15, -0.1) is 0 Å². The summed E-state index contributed by atoms with van der Waals surface area (Å²) in [5, 5.41) is 9.13. The summed E-state index contributed by atoms with van der Waals surface area (Å²) in [4.78, 5) is 0.250. The topological polar surface area (TPSA) is 66.4 Å². The Hall–Kier alpha value is -0.910. The Bertz CT molecular complexity index is 538. The molecule has 0 aliphatic heterocycles. The number of aryl methyl sites for hydroxylation is 1. The summed E-state index contributed by atoms with van der Waals surface area (Å²) < 4.78 is 27.5. The van der Waals surface area contributed by atoms with Crippen LogP contribution in [0.5, 0.6) is 0 Å². The number of sulfonamides is 1. The number of benzene rings is 1. The molecule has 114 valence electrons. The van der Waals surface area contributed by atoms with Crippen LogP contribution in [0.4, 0.5) is 0 Å². The van der Waals surface area contributed by atoms with E-state index in [2.05, 4.69) is 18.6 Å². The fourth-order valence-electron chi connectivity index (χ4n) is 2.00. The maximum atomic E-state index is 12.4. The maximum Gasteiger partial charge on any atom is 0.241 e. The summed E-state index contributed by atoms with van der Waals surface area (Å²) in [6, 6.07) is 4.89. The third kappa shape index (κ3) is 4.89. The first kappa shape index (κ1) is 17.1. The lowest BCUT2D eigenvalue weighted by Gasteiger charge is -2.17. The Kier molecular flexibility index (Phi) is 6.17. The van der Waals surface area contributed by atoms with Crippen molar-refractivity contribution in [2.24, 2.45) is 5.92 Å². The number of hydrogen-bond donors (Lipinski definition) is 2. The van der Waals surface area contributed by atoms with Gasteiger partial charge in [-0.3, -0.25) is 0 Å². The molecule has 0 aliphatic rings. The van der Waals surface area contributed by atoms with E-state index in [1.54, 1.807) is 19.1 Å². The fraction of sp³-hybridized carbons (Fsp3) is 0.600. The smallest absolute Gasteiger partial charge is 0.241 e. The highest BCUT2D eigenvalue weighted by Gasteiger charge is 2.20. The quantitative estimate of drug-likeness (QED) is 0.813. The molecular weight excluding hydrogens is 274 g/mol. The number of aliphatic hydroxyl groups is 1. The molecule has 0 spiro atoms. The first-order valence-electron chi connectivity index (χ1n) is 6.99. The molecule has 1 aromatic rings. The van der Waals surface area contributed by atoms with Crippen molar-refractivity contribution in [3.05, 3.63) is 29.3 Å². The Morgan fingerprint density at radius 3 is 2.40 bits per heavy atom. The highest BCUT2D eigenvalue weighted by molar-refractivity contribution is 7.89. The molecule has 2 N–H and O–H groups in total. The van der Waals surface area contributed by atoms with E-state index in [1.165, 1.54) is 6.07 Å². The van der Waals surface area contributed by atoms with E-state index in [0.29, 0.717) is 17.0 Å². The van der Waals surface area contributed by atoms with E-state index in [1.807, 2.05) is 6.92 Å². The molecule has 0 bridgehead atoms. The molecular formula is C15H25NO3S. The fourth-order valence-corrected chi connectivity index (χ4v) is 3.58.